The van der Waals surface area contributed by atoms with E-state index in [9.17, 15) is 9.59 Å². The molecule has 170 valence electrons. The lowest BCUT2D eigenvalue weighted by atomic mass is 9.77. The minimum Gasteiger partial charge on any atom is -0.430 e. The van der Waals surface area contributed by atoms with Gasteiger partial charge in [0.2, 0.25) is 0 Å². The summed E-state index contributed by atoms with van der Waals surface area (Å²) in [6.45, 7) is 4.06. The zero-order chi connectivity index (χ0) is 22.2. The van der Waals surface area contributed by atoms with Crippen LogP contribution in [0.3, 0.4) is 0 Å². The number of rotatable bonds is 9. The summed E-state index contributed by atoms with van der Waals surface area (Å²) < 4.78 is 6.44. The van der Waals surface area contributed by atoms with E-state index in [1.807, 2.05) is 30.8 Å². The van der Waals surface area contributed by atoms with Crippen LogP contribution in [0.4, 0.5) is 0 Å². The van der Waals surface area contributed by atoms with E-state index < -0.39 is 0 Å². The van der Waals surface area contributed by atoms with Crippen LogP contribution < -0.4 is 0 Å². The van der Waals surface area contributed by atoms with Gasteiger partial charge in [0.25, 0.3) is 0 Å². The fourth-order valence-corrected chi connectivity index (χ4v) is 6.33. The maximum absolute atomic E-state index is 13.1. The topological polar surface area (TPSA) is 65.0 Å². The van der Waals surface area contributed by atoms with E-state index in [4.69, 9.17) is 21.2 Å². The molecule has 8 heteroatoms. The Labute approximate surface area is 197 Å². The van der Waals surface area contributed by atoms with Gasteiger partial charge in [-0.05, 0) is 61.7 Å². The number of ketones is 1. The number of Topliss-reactive ketones (excluding diaryl/α,β-unsaturated/α-hetero) is 1. The molecule has 0 N–H and O–H groups in total. The first kappa shape index (κ1) is 24.3. The fraction of sp³-hybridized carbons (Fsp3) is 0.609. The number of carbonyl (C=O) groups excluding carboxylic acids is 2. The summed E-state index contributed by atoms with van der Waals surface area (Å²) in [7, 11) is 0. The third-order valence-electron chi connectivity index (χ3n) is 5.69. The number of carbonyl (C=O) groups is 2. The van der Waals surface area contributed by atoms with E-state index in [1.165, 1.54) is 23.5 Å². The van der Waals surface area contributed by atoms with E-state index in [0.717, 1.165) is 29.9 Å². The average molecular weight is 484 g/mol. The summed E-state index contributed by atoms with van der Waals surface area (Å²) in [6, 6.07) is 3.70. The standard InChI is InChI=1S/C23H30ClNO4S2/c1-3-4-7-22(27)29-20-12-17(16-6-5-10-30-14-16)11-19(26)23(20)15(2)25-28-13-18-8-9-21(24)31-18/h8-9,16-17H,3-7,10-14H2,1-2H3/b25-15-. The predicted molar refractivity (Wildman–Crippen MR) is 128 cm³/mol. The number of ether oxygens (including phenoxy) is 1. The number of thiophene rings is 1. The van der Waals surface area contributed by atoms with Gasteiger partial charge in [-0.1, -0.05) is 30.1 Å². The molecule has 0 amide bonds. The molecule has 1 aliphatic heterocycles. The first-order chi connectivity index (χ1) is 15.0. The molecule has 1 saturated heterocycles. The summed E-state index contributed by atoms with van der Waals surface area (Å²) in [5.41, 5.74) is 0.871. The number of unbranched alkanes of at least 4 members (excludes halogenated alkanes) is 1. The summed E-state index contributed by atoms with van der Waals surface area (Å²) in [5, 5.41) is 4.17. The lowest BCUT2D eigenvalue weighted by Gasteiger charge is -2.33. The molecule has 1 aromatic rings. The second-order valence-electron chi connectivity index (χ2n) is 8.10. The van der Waals surface area contributed by atoms with Crippen molar-refractivity contribution in [1.29, 1.82) is 0 Å². The van der Waals surface area contributed by atoms with Crippen LogP contribution in [0.25, 0.3) is 0 Å². The van der Waals surface area contributed by atoms with Crippen molar-refractivity contribution in [3.05, 3.63) is 32.7 Å². The molecule has 2 atom stereocenters. The zero-order valence-electron chi connectivity index (χ0n) is 18.2. The highest BCUT2D eigenvalue weighted by Crippen LogP contribution is 2.39. The van der Waals surface area contributed by atoms with Gasteiger partial charge in [0.1, 0.15) is 5.76 Å². The number of allylic oxidation sites excluding steroid dienone is 2. The van der Waals surface area contributed by atoms with Gasteiger partial charge in [-0.25, -0.2) is 0 Å². The Morgan fingerprint density at radius 3 is 2.81 bits per heavy atom. The van der Waals surface area contributed by atoms with E-state index in [1.54, 1.807) is 6.92 Å². The Bertz CT molecular complexity index is 842. The molecule has 0 bridgehead atoms. The monoisotopic (exact) mass is 483 g/mol. The second kappa shape index (κ2) is 12.1. The van der Waals surface area contributed by atoms with Crippen molar-refractivity contribution in [2.75, 3.05) is 11.5 Å². The highest BCUT2D eigenvalue weighted by molar-refractivity contribution is 7.99. The van der Waals surface area contributed by atoms with Crippen molar-refractivity contribution in [2.45, 2.75) is 65.4 Å². The van der Waals surface area contributed by atoms with Crippen molar-refractivity contribution in [3.63, 3.8) is 0 Å². The lowest BCUT2D eigenvalue weighted by molar-refractivity contribution is -0.140. The van der Waals surface area contributed by atoms with Crippen LogP contribution in [0, 0.1) is 11.8 Å². The molecule has 0 saturated carbocycles. The van der Waals surface area contributed by atoms with Crippen LogP contribution >= 0.6 is 34.7 Å². The van der Waals surface area contributed by atoms with Gasteiger partial charge in [0, 0.05) is 24.1 Å². The van der Waals surface area contributed by atoms with E-state index in [2.05, 4.69) is 5.16 Å². The Morgan fingerprint density at radius 1 is 1.29 bits per heavy atom. The van der Waals surface area contributed by atoms with Gasteiger partial charge in [-0.15, -0.1) is 11.3 Å². The van der Waals surface area contributed by atoms with E-state index >= 15 is 0 Å². The quantitative estimate of drug-likeness (QED) is 0.231. The van der Waals surface area contributed by atoms with Crippen molar-refractivity contribution in [1.82, 2.24) is 0 Å². The van der Waals surface area contributed by atoms with Gasteiger partial charge in [0.15, 0.2) is 12.4 Å². The van der Waals surface area contributed by atoms with Crippen LogP contribution in [-0.4, -0.2) is 29.0 Å². The maximum atomic E-state index is 13.1. The average Bonchev–Trinajstić information content (AvgIpc) is 3.17. The van der Waals surface area contributed by atoms with Crippen LogP contribution in [0.15, 0.2) is 28.6 Å². The minimum absolute atomic E-state index is 0.00543. The minimum atomic E-state index is -0.275. The number of hydrogen-bond acceptors (Lipinski definition) is 7. The van der Waals surface area contributed by atoms with Crippen LogP contribution in [0.2, 0.25) is 4.34 Å². The largest absolute Gasteiger partial charge is 0.430 e. The van der Waals surface area contributed by atoms with E-state index in [-0.39, 0.29) is 24.3 Å². The number of thioether (sulfide) groups is 1. The highest BCUT2D eigenvalue weighted by atomic mass is 35.5. The van der Waals surface area contributed by atoms with Gasteiger partial charge < -0.3 is 9.57 Å². The smallest absolute Gasteiger partial charge is 0.310 e. The van der Waals surface area contributed by atoms with Crippen molar-refractivity contribution in [2.24, 2.45) is 17.0 Å². The van der Waals surface area contributed by atoms with E-state index in [0.29, 0.717) is 46.6 Å². The lowest BCUT2D eigenvalue weighted by Crippen LogP contribution is -2.31. The van der Waals surface area contributed by atoms with Gasteiger partial charge in [-0.3, -0.25) is 9.59 Å². The number of esters is 1. The molecule has 2 aliphatic rings. The third kappa shape index (κ3) is 7.09. The van der Waals surface area contributed by atoms with Crippen molar-refractivity contribution < 1.29 is 19.2 Å². The molecule has 1 fully saturated rings. The maximum Gasteiger partial charge on any atom is 0.310 e. The first-order valence-electron chi connectivity index (χ1n) is 10.9. The summed E-state index contributed by atoms with van der Waals surface area (Å²) >= 11 is 9.33. The molecule has 1 aromatic heterocycles. The molecular weight excluding hydrogens is 454 g/mol. The Hall–Kier alpha value is -1.31. The van der Waals surface area contributed by atoms with Crippen molar-refractivity contribution >= 4 is 52.2 Å². The zero-order valence-corrected chi connectivity index (χ0v) is 20.5. The third-order valence-corrected chi connectivity index (χ3v) is 8.13. The number of halogens is 1. The van der Waals surface area contributed by atoms with Gasteiger partial charge >= 0.3 is 5.97 Å². The first-order valence-corrected chi connectivity index (χ1v) is 13.3. The number of nitrogens with zero attached hydrogens (tertiary/aromatic N) is 1. The molecule has 0 aromatic carbocycles. The molecule has 3 rings (SSSR count). The summed E-state index contributed by atoms with van der Waals surface area (Å²) in [5.74, 6) is 3.17. The fourth-order valence-electron chi connectivity index (χ4n) is 4.05. The highest BCUT2D eigenvalue weighted by Gasteiger charge is 2.36. The molecule has 1 aliphatic carbocycles. The van der Waals surface area contributed by atoms with Crippen LogP contribution in [0.1, 0.15) is 63.7 Å². The molecule has 5 nitrogen and oxygen atoms in total. The normalized spacial score (nSPS) is 22.5. The Balaban J connectivity index is 1.76. The molecular formula is C23H30ClNO4S2. The summed E-state index contributed by atoms with van der Waals surface area (Å²) in [4.78, 5) is 31.9. The SMILES string of the molecule is CCCCC(=O)OC1=C(/C(C)=N\OCc2ccc(Cl)s2)C(=O)CC(C2CCCSC2)C1. The molecule has 0 spiro atoms. The molecule has 0 radical (unpaired) electrons. The van der Waals surface area contributed by atoms with Crippen molar-refractivity contribution in [3.8, 4) is 0 Å². The number of oxime groups is 1. The Morgan fingerprint density at radius 2 is 2.13 bits per heavy atom. The molecule has 31 heavy (non-hydrogen) atoms. The van der Waals surface area contributed by atoms with Crippen LogP contribution in [0.5, 0.6) is 0 Å². The molecule has 2 unspecified atom stereocenters. The number of hydrogen-bond donors (Lipinski definition) is 0. The summed E-state index contributed by atoms with van der Waals surface area (Å²) in [6.07, 6.45) is 5.46. The predicted octanol–water partition coefficient (Wildman–Crippen LogP) is 6.40. The van der Waals surface area contributed by atoms with Crippen LogP contribution in [-0.2, 0) is 25.8 Å². The second-order valence-corrected chi connectivity index (χ2v) is 11.0. The molecule has 2 heterocycles. The van der Waals surface area contributed by atoms with Gasteiger partial charge in [-0.2, -0.15) is 11.8 Å². The Kier molecular flexibility index (Phi) is 9.48. The van der Waals surface area contributed by atoms with Gasteiger partial charge in [0.05, 0.1) is 15.6 Å².